The van der Waals surface area contributed by atoms with Crippen molar-refractivity contribution in [1.82, 2.24) is 15.1 Å². The van der Waals surface area contributed by atoms with Crippen molar-refractivity contribution in [2.24, 2.45) is 0 Å². The van der Waals surface area contributed by atoms with Crippen LogP contribution in [-0.4, -0.2) is 20.6 Å². The molecule has 0 spiro atoms. The normalized spacial score (nSPS) is 15.6. The largest absolute Gasteiger partial charge is 0.345 e. The smallest absolute Gasteiger partial charge is 0.273 e. The van der Waals surface area contributed by atoms with Crippen LogP contribution in [0.2, 0.25) is 0 Å². The lowest BCUT2D eigenvalue weighted by molar-refractivity contribution is -0.385. The number of nitro benzene ring substituents is 1. The number of hydrogen-bond acceptors (Lipinski definition) is 4. The van der Waals surface area contributed by atoms with Crippen molar-refractivity contribution in [2.75, 3.05) is 0 Å². The van der Waals surface area contributed by atoms with Gasteiger partial charge in [-0.15, -0.1) is 0 Å². The van der Waals surface area contributed by atoms with Gasteiger partial charge in [0.2, 0.25) is 0 Å². The van der Waals surface area contributed by atoms with E-state index < -0.39 is 4.92 Å². The number of nitro groups is 1. The molecule has 7 heteroatoms. The topological polar surface area (TPSA) is 90.1 Å². The summed E-state index contributed by atoms with van der Waals surface area (Å²) in [7, 11) is 0. The Labute approximate surface area is 168 Å². The number of nitrogens with zero attached hydrogens (tertiary/aromatic N) is 3. The minimum Gasteiger partial charge on any atom is -0.345 e. The number of hydrogen-bond donors (Lipinski definition) is 1. The molecule has 7 nitrogen and oxygen atoms in total. The summed E-state index contributed by atoms with van der Waals surface area (Å²) < 4.78 is 2.00. The molecule has 3 aromatic rings. The summed E-state index contributed by atoms with van der Waals surface area (Å²) >= 11 is 0. The molecule has 29 heavy (non-hydrogen) atoms. The summed E-state index contributed by atoms with van der Waals surface area (Å²) in [6.07, 6.45) is 4.53. The molecule has 2 aromatic carbocycles. The number of aromatic nitrogens is 2. The number of nitrogens with one attached hydrogen (secondary N) is 1. The second-order valence-electron chi connectivity index (χ2n) is 7.31. The average molecular weight is 390 g/mol. The second-order valence-corrected chi connectivity index (χ2v) is 7.31. The third kappa shape index (κ3) is 3.76. The fourth-order valence-electron chi connectivity index (χ4n) is 3.96. The van der Waals surface area contributed by atoms with E-state index in [1.54, 1.807) is 19.1 Å². The highest BCUT2D eigenvalue weighted by Crippen LogP contribution is 2.31. The van der Waals surface area contributed by atoms with E-state index in [1.807, 2.05) is 29.1 Å². The van der Waals surface area contributed by atoms with Crippen LogP contribution in [0, 0.1) is 17.0 Å². The summed E-state index contributed by atoms with van der Waals surface area (Å²) in [6, 6.07) is 14.6. The zero-order valence-electron chi connectivity index (χ0n) is 16.2. The number of amides is 1. The van der Waals surface area contributed by atoms with Crippen LogP contribution in [0.3, 0.4) is 0 Å². The van der Waals surface area contributed by atoms with Crippen LogP contribution >= 0.6 is 0 Å². The van der Waals surface area contributed by atoms with Crippen molar-refractivity contribution in [1.29, 1.82) is 0 Å². The van der Waals surface area contributed by atoms with E-state index in [1.165, 1.54) is 11.6 Å². The van der Waals surface area contributed by atoms with Gasteiger partial charge in [-0.3, -0.25) is 19.6 Å². The summed E-state index contributed by atoms with van der Waals surface area (Å²) in [6.45, 7) is 2.30. The molecule has 1 aliphatic rings. The van der Waals surface area contributed by atoms with Crippen LogP contribution < -0.4 is 5.32 Å². The Morgan fingerprint density at radius 3 is 2.79 bits per heavy atom. The van der Waals surface area contributed by atoms with Gasteiger partial charge in [0, 0.05) is 28.5 Å². The molecule has 148 valence electrons. The lowest BCUT2D eigenvalue weighted by atomic mass is 9.92. The second kappa shape index (κ2) is 7.87. The first-order chi connectivity index (χ1) is 14.0. The number of fused-ring (bicyclic) bond motifs is 1. The maximum absolute atomic E-state index is 12.9. The molecule has 1 unspecified atom stereocenters. The highest BCUT2D eigenvalue weighted by molar-refractivity contribution is 5.96. The van der Waals surface area contributed by atoms with E-state index >= 15 is 0 Å². The molecule has 0 fully saturated rings. The Morgan fingerprint density at radius 1 is 1.24 bits per heavy atom. The molecule has 1 aromatic heterocycles. The maximum Gasteiger partial charge on any atom is 0.273 e. The molecule has 1 atom stereocenters. The van der Waals surface area contributed by atoms with Crippen LogP contribution in [0.25, 0.3) is 0 Å². The monoisotopic (exact) mass is 390 g/mol. The van der Waals surface area contributed by atoms with E-state index in [0.717, 1.165) is 30.5 Å². The molecule has 1 aliphatic carbocycles. The van der Waals surface area contributed by atoms with Gasteiger partial charge in [0.25, 0.3) is 11.6 Å². The van der Waals surface area contributed by atoms with Crippen LogP contribution in [0.5, 0.6) is 0 Å². The number of carbonyl (C=O) groups is 1. The van der Waals surface area contributed by atoms with Gasteiger partial charge in [-0.25, -0.2) is 0 Å². The molecule has 4 rings (SSSR count). The predicted octanol–water partition coefficient (Wildman–Crippen LogP) is 3.96. The first kappa shape index (κ1) is 18.9. The summed E-state index contributed by atoms with van der Waals surface area (Å²) in [5.41, 5.74) is 4.02. The van der Waals surface area contributed by atoms with Crippen LogP contribution in [0.4, 0.5) is 5.69 Å². The Hall–Kier alpha value is -3.48. The summed E-state index contributed by atoms with van der Waals surface area (Å²) in [5, 5.41) is 18.8. The Bertz CT molecular complexity index is 1060. The Kier molecular flexibility index (Phi) is 5.12. The van der Waals surface area contributed by atoms with Crippen molar-refractivity contribution >= 4 is 11.6 Å². The van der Waals surface area contributed by atoms with Gasteiger partial charge >= 0.3 is 0 Å². The first-order valence-electron chi connectivity index (χ1n) is 9.68. The maximum atomic E-state index is 12.9. The van der Waals surface area contributed by atoms with E-state index in [9.17, 15) is 14.9 Å². The predicted molar refractivity (Wildman–Crippen MR) is 109 cm³/mol. The first-order valence-corrected chi connectivity index (χ1v) is 9.68. The molecular formula is C22H22N4O3. The van der Waals surface area contributed by atoms with Crippen LogP contribution in [0.1, 0.15) is 51.6 Å². The molecule has 0 radical (unpaired) electrons. The molecule has 1 heterocycles. The minimum absolute atomic E-state index is 0.0438. The molecule has 0 aliphatic heterocycles. The zero-order chi connectivity index (χ0) is 20.4. The summed E-state index contributed by atoms with van der Waals surface area (Å²) in [5.74, 6) is -0.292. The van der Waals surface area contributed by atoms with Gasteiger partial charge < -0.3 is 5.32 Å². The van der Waals surface area contributed by atoms with Gasteiger partial charge in [-0.2, -0.15) is 5.10 Å². The standard InChI is InChI=1S/C22H22N4O3/c1-15-17(9-5-11-20(15)26(28)29)22(27)24-19-10-6-12-21-18(19)13-23-25(21)14-16-7-3-2-4-8-16/h2-5,7-9,11,13,19H,6,10,12,14H2,1H3,(H,24,27). The van der Waals surface area contributed by atoms with Crippen molar-refractivity contribution < 1.29 is 9.72 Å². The van der Waals surface area contributed by atoms with E-state index in [-0.39, 0.29) is 17.6 Å². The van der Waals surface area contributed by atoms with Gasteiger partial charge in [0.1, 0.15) is 0 Å². The molecule has 1 amide bonds. The fourth-order valence-corrected chi connectivity index (χ4v) is 3.96. The quantitative estimate of drug-likeness (QED) is 0.527. The Morgan fingerprint density at radius 2 is 2.03 bits per heavy atom. The van der Waals surface area contributed by atoms with E-state index in [0.29, 0.717) is 17.7 Å². The minimum atomic E-state index is -0.460. The van der Waals surface area contributed by atoms with Crippen molar-refractivity contribution in [3.63, 3.8) is 0 Å². The van der Waals surface area contributed by atoms with Gasteiger partial charge in [-0.1, -0.05) is 36.4 Å². The highest BCUT2D eigenvalue weighted by atomic mass is 16.6. The van der Waals surface area contributed by atoms with Crippen LogP contribution in [-0.2, 0) is 13.0 Å². The molecule has 0 saturated carbocycles. The van der Waals surface area contributed by atoms with Crippen LogP contribution in [0.15, 0.2) is 54.7 Å². The highest BCUT2D eigenvalue weighted by Gasteiger charge is 2.27. The fraction of sp³-hybridized carbons (Fsp3) is 0.273. The lowest BCUT2D eigenvalue weighted by Gasteiger charge is -2.24. The van der Waals surface area contributed by atoms with Crippen molar-refractivity contribution in [3.8, 4) is 0 Å². The number of rotatable bonds is 5. The molecule has 0 saturated heterocycles. The number of carbonyl (C=O) groups excluding carboxylic acids is 1. The average Bonchev–Trinajstić information content (AvgIpc) is 3.12. The van der Waals surface area contributed by atoms with Gasteiger partial charge in [-0.05, 0) is 37.8 Å². The molecule has 1 N–H and O–H groups in total. The van der Waals surface area contributed by atoms with Crippen molar-refractivity contribution in [3.05, 3.63) is 92.8 Å². The van der Waals surface area contributed by atoms with Gasteiger partial charge in [0.15, 0.2) is 0 Å². The number of benzene rings is 2. The van der Waals surface area contributed by atoms with E-state index in [4.69, 9.17) is 0 Å². The van der Waals surface area contributed by atoms with Gasteiger partial charge in [0.05, 0.1) is 23.7 Å². The molecular weight excluding hydrogens is 368 g/mol. The zero-order valence-corrected chi connectivity index (χ0v) is 16.2. The SMILES string of the molecule is Cc1c(C(=O)NC2CCCc3c2cnn3Cc2ccccc2)cccc1[N+](=O)[O-]. The lowest BCUT2D eigenvalue weighted by Crippen LogP contribution is -2.31. The van der Waals surface area contributed by atoms with Crippen molar-refractivity contribution in [2.45, 2.75) is 38.8 Å². The molecule has 0 bridgehead atoms. The van der Waals surface area contributed by atoms with E-state index in [2.05, 4.69) is 22.5 Å². The Balaban J connectivity index is 1.56. The third-order valence-electron chi connectivity index (χ3n) is 5.49. The summed E-state index contributed by atoms with van der Waals surface area (Å²) in [4.78, 5) is 23.6. The third-order valence-corrected chi connectivity index (χ3v) is 5.49.